The minimum atomic E-state index is -0.323. The first-order chi connectivity index (χ1) is 11.2. The zero-order valence-electron chi connectivity index (χ0n) is 13.5. The van der Waals surface area contributed by atoms with Crippen molar-refractivity contribution in [3.05, 3.63) is 65.2 Å². The van der Waals surface area contributed by atoms with E-state index in [-0.39, 0.29) is 11.5 Å². The maximum Gasteiger partial charge on any atom is 0.261 e. The molecule has 0 aliphatic carbocycles. The van der Waals surface area contributed by atoms with Crippen LogP contribution in [0.15, 0.2) is 54.1 Å². The molecule has 0 radical (unpaired) electrons. The van der Waals surface area contributed by atoms with E-state index in [0.29, 0.717) is 6.54 Å². The van der Waals surface area contributed by atoms with Crippen LogP contribution in [0.2, 0.25) is 0 Å². The number of hydrogen-bond acceptors (Lipinski definition) is 2. The number of rotatable bonds is 5. The van der Waals surface area contributed by atoms with Crippen molar-refractivity contribution in [1.29, 1.82) is 5.26 Å². The first-order valence-electron chi connectivity index (χ1n) is 7.71. The lowest BCUT2D eigenvalue weighted by atomic mass is 9.98. The van der Waals surface area contributed by atoms with Gasteiger partial charge in [0.05, 0.1) is 0 Å². The summed E-state index contributed by atoms with van der Waals surface area (Å²) in [4.78, 5) is 11.9. The highest BCUT2D eigenvalue weighted by Gasteiger charge is 2.08. The smallest absolute Gasteiger partial charge is 0.261 e. The molecule has 0 saturated carbocycles. The minimum absolute atomic E-state index is 0.125. The Morgan fingerprint density at radius 2 is 2.00 bits per heavy atom. The monoisotopic (exact) mass is 304 g/mol. The van der Waals surface area contributed by atoms with Crippen LogP contribution < -0.4 is 5.32 Å². The molecule has 0 heterocycles. The highest BCUT2D eigenvalue weighted by Crippen LogP contribution is 2.24. The fourth-order valence-electron chi connectivity index (χ4n) is 2.34. The summed E-state index contributed by atoms with van der Waals surface area (Å²) in [6.45, 7) is 4.61. The number of carbonyl (C=O) groups excluding carboxylic acids is 1. The van der Waals surface area contributed by atoms with E-state index in [1.807, 2.05) is 49.4 Å². The molecule has 1 N–H and O–H groups in total. The molecule has 3 nitrogen and oxygen atoms in total. The third-order valence-electron chi connectivity index (χ3n) is 3.55. The summed E-state index contributed by atoms with van der Waals surface area (Å²) in [6, 6.07) is 18.0. The Morgan fingerprint density at radius 3 is 2.70 bits per heavy atom. The van der Waals surface area contributed by atoms with E-state index < -0.39 is 0 Å². The number of carbonyl (C=O) groups is 1. The summed E-state index contributed by atoms with van der Waals surface area (Å²) in [5.74, 6) is -0.323. The number of amides is 1. The molecule has 0 aromatic heterocycles. The van der Waals surface area contributed by atoms with Crippen molar-refractivity contribution in [3.63, 3.8) is 0 Å². The molecular formula is C20H20N2O. The van der Waals surface area contributed by atoms with Crippen molar-refractivity contribution in [2.45, 2.75) is 20.3 Å². The molecule has 116 valence electrons. The number of nitrogens with one attached hydrogen (secondary N) is 1. The van der Waals surface area contributed by atoms with Gasteiger partial charge in [-0.25, -0.2) is 0 Å². The summed E-state index contributed by atoms with van der Waals surface area (Å²) in [7, 11) is 0. The Labute approximate surface area is 137 Å². The molecule has 0 unspecified atom stereocenters. The molecule has 2 aromatic carbocycles. The Morgan fingerprint density at radius 1 is 1.22 bits per heavy atom. The van der Waals surface area contributed by atoms with Gasteiger partial charge in [0.1, 0.15) is 11.6 Å². The second-order valence-corrected chi connectivity index (χ2v) is 5.37. The van der Waals surface area contributed by atoms with Gasteiger partial charge < -0.3 is 5.32 Å². The maximum absolute atomic E-state index is 11.9. The van der Waals surface area contributed by atoms with Gasteiger partial charge in [-0.05, 0) is 47.7 Å². The van der Waals surface area contributed by atoms with Crippen molar-refractivity contribution < 1.29 is 4.79 Å². The molecule has 0 fully saturated rings. The summed E-state index contributed by atoms with van der Waals surface area (Å²) >= 11 is 0. The van der Waals surface area contributed by atoms with E-state index in [1.54, 1.807) is 6.08 Å². The fourth-order valence-corrected chi connectivity index (χ4v) is 2.34. The number of aryl methyl sites for hydroxylation is 1. The van der Waals surface area contributed by atoms with E-state index in [2.05, 4.69) is 24.4 Å². The quantitative estimate of drug-likeness (QED) is 0.668. The Balaban J connectivity index is 2.33. The average molecular weight is 304 g/mol. The molecule has 0 spiro atoms. The number of nitrogens with zero attached hydrogens (tertiary/aromatic N) is 1. The lowest BCUT2D eigenvalue weighted by molar-refractivity contribution is -0.117. The molecule has 1 amide bonds. The van der Waals surface area contributed by atoms with Crippen LogP contribution in [0.4, 0.5) is 0 Å². The van der Waals surface area contributed by atoms with Gasteiger partial charge in [-0.3, -0.25) is 4.79 Å². The van der Waals surface area contributed by atoms with Crippen molar-refractivity contribution in [1.82, 2.24) is 5.32 Å². The van der Waals surface area contributed by atoms with Crippen molar-refractivity contribution in [2.75, 3.05) is 6.54 Å². The van der Waals surface area contributed by atoms with Crippen LogP contribution in [-0.4, -0.2) is 12.5 Å². The predicted molar refractivity (Wildman–Crippen MR) is 93.5 cm³/mol. The van der Waals surface area contributed by atoms with E-state index in [9.17, 15) is 10.1 Å². The first-order valence-corrected chi connectivity index (χ1v) is 7.71. The molecule has 0 aliphatic rings. The molecule has 0 atom stereocenters. The van der Waals surface area contributed by atoms with Gasteiger partial charge >= 0.3 is 0 Å². The Bertz CT molecular complexity index is 769. The lowest BCUT2D eigenvalue weighted by Gasteiger charge is -2.07. The lowest BCUT2D eigenvalue weighted by Crippen LogP contribution is -2.25. The molecule has 0 aliphatic heterocycles. The summed E-state index contributed by atoms with van der Waals surface area (Å²) < 4.78 is 0. The standard InChI is InChI=1S/C20H20N2O/c1-3-11-22-20(23)18(14-21)13-16-8-6-9-17(12-16)19-10-5-4-7-15(19)2/h4-10,12-13H,3,11H2,1-2H3,(H,22,23)/b18-13+. The number of nitriles is 1. The summed E-state index contributed by atoms with van der Waals surface area (Å²) in [5.41, 5.74) is 4.38. The third kappa shape index (κ3) is 4.31. The maximum atomic E-state index is 11.9. The van der Waals surface area contributed by atoms with Crippen molar-refractivity contribution in [3.8, 4) is 17.2 Å². The highest BCUT2D eigenvalue weighted by atomic mass is 16.1. The number of benzene rings is 2. The number of hydrogen-bond donors (Lipinski definition) is 1. The van der Waals surface area contributed by atoms with Crippen LogP contribution in [0.25, 0.3) is 17.2 Å². The zero-order valence-corrected chi connectivity index (χ0v) is 13.5. The largest absolute Gasteiger partial charge is 0.351 e. The first kappa shape index (κ1) is 16.5. The predicted octanol–water partition coefficient (Wildman–Crippen LogP) is 4.10. The molecule has 23 heavy (non-hydrogen) atoms. The zero-order chi connectivity index (χ0) is 16.7. The molecule has 3 heteroatoms. The van der Waals surface area contributed by atoms with Gasteiger partial charge in [-0.1, -0.05) is 49.4 Å². The van der Waals surface area contributed by atoms with Gasteiger partial charge in [0.2, 0.25) is 0 Å². The second-order valence-electron chi connectivity index (χ2n) is 5.37. The fraction of sp³-hybridized carbons (Fsp3) is 0.200. The van der Waals surface area contributed by atoms with Crippen molar-refractivity contribution in [2.24, 2.45) is 0 Å². The van der Waals surface area contributed by atoms with Crippen molar-refractivity contribution >= 4 is 12.0 Å². The third-order valence-corrected chi connectivity index (χ3v) is 3.55. The van der Waals surface area contributed by atoms with Gasteiger partial charge in [0.15, 0.2) is 0 Å². The minimum Gasteiger partial charge on any atom is -0.351 e. The van der Waals surface area contributed by atoms with Crippen LogP contribution in [-0.2, 0) is 4.79 Å². The van der Waals surface area contributed by atoms with E-state index in [4.69, 9.17) is 0 Å². The normalized spacial score (nSPS) is 10.9. The van der Waals surface area contributed by atoms with E-state index in [1.165, 1.54) is 5.56 Å². The van der Waals surface area contributed by atoms with Crippen LogP contribution in [0.1, 0.15) is 24.5 Å². The molecule has 0 bridgehead atoms. The van der Waals surface area contributed by atoms with Gasteiger partial charge in [0, 0.05) is 6.54 Å². The second kappa shape index (κ2) is 7.95. The van der Waals surface area contributed by atoms with E-state index in [0.717, 1.165) is 23.1 Å². The van der Waals surface area contributed by atoms with Gasteiger partial charge in [-0.2, -0.15) is 5.26 Å². The molecular weight excluding hydrogens is 284 g/mol. The average Bonchev–Trinajstić information content (AvgIpc) is 2.58. The Hall–Kier alpha value is -2.86. The van der Waals surface area contributed by atoms with E-state index >= 15 is 0 Å². The Kier molecular flexibility index (Phi) is 5.71. The molecule has 2 rings (SSSR count). The van der Waals surface area contributed by atoms with Crippen LogP contribution in [0, 0.1) is 18.3 Å². The van der Waals surface area contributed by atoms with Gasteiger partial charge in [0.25, 0.3) is 5.91 Å². The van der Waals surface area contributed by atoms with Crippen LogP contribution in [0.5, 0.6) is 0 Å². The SMILES string of the molecule is CCCNC(=O)/C(C#N)=C/c1cccc(-c2ccccc2C)c1. The molecule has 2 aromatic rings. The molecule has 0 saturated heterocycles. The topological polar surface area (TPSA) is 52.9 Å². The summed E-state index contributed by atoms with van der Waals surface area (Å²) in [5, 5.41) is 11.9. The summed E-state index contributed by atoms with van der Waals surface area (Å²) in [6.07, 6.45) is 2.47. The van der Waals surface area contributed by atoms with Crippen LogP contribution >= 0.6 is 0 Å². The highest BCUT2D eigenvalue weighted by molar-refractivity contribution is 6.01. The van der Waals surface area contributed by atoms with Crippen LogP contribution in [0.3, 0.4) is 0 Å². The van der Waals surface area contributed by atoms with Gasteiger partial charge in [-0.15, -0.1) is 0 Å².